The van der Waals surface area contributed by atoms with Crippen LogP contribution in [0, 0.1) is 5.92 Å². The smallest absolute Gasteiger partial charge is 0.434 e. The topological polar surface area (TPSA) is 93.7 Å². The zero-order valence-corrected chi connectivity index (χ0v) is 16.0. The van der Waals surface area contributed by atoms with E-state index in [0.29, 0.717) is 22.9 Å². The number of benzene rings is 2. The summed E-state index contributed by atoms with van der Waals surface area (Å²) in [5.74, 6) is 0.284. The third kappa shape index (κ3) is 6.49. The molecule has 1 fully saturated rings. The Hall–Kier alpha value is -3.61. The van der Waals surface area contributed by atoms with Gasteiger partial charge in [0.25, 0.3) is 5.91 Å². The highest BCUT2D eigenvalue weighted by Gasteiger charge is 2.17. The molecule has 0 heterocycles. The number of amides is 2. The zero-order chi connectivity index (χ0) is 20.6. The maximum absolute atomic E-state index is 12.4. The lowest BCUT2D eigenvalue weighted by Gasteiger charge is -2.09. The van der Waals surface area contributed by atoms with Gasteiger partial charge in [-0.05, 0) is 74.2 Å². The molecule has 0 spiro atoms. The van der Waals surface area contributed by atoms with Crippen molar-refractivity contribution in [2.75, 3.05) is 17.2 Å². The van der Waals surface area contributed by atoms with Crippen LogP contribution in [0.5, 0.6) is 5.75 Å². The molecule has 7 nitrogen and oxygen atoms in total. The highest BCUT2D eigenvalue weighted by atomic mass is 16.7. The van der Waals surface area contributed by atoms with Crippen LogP contribution < -0.4 is 15.4 Å². The highest BCUT2D eigenvalue weighted by molar-refractivity contribution is 6.05. The van der Waals surface area contributed by atoms with Crippen molar-refractivity contribution in [2.45, 2.75) is 19.8 Å². The van der Waals surface area contributed by atoms with Crippen molar-refractivity contribution in [1.82, 2.24) is 0 Å². The molecule has 0 unspecified atom stereocenters. The summed E-state index contributed by atoms with van der Waals surface area (Å²) in [4.78, 5) is 35.6. The Morgan fingerprint density at radius 3 is 2.38 bits per heavy atom. The van der Waals surface area contributed by atoms with E-state index in [4.69, 9.17) is 9.47 Å². The Morgan fingerprint density at radius 1 is 1.03 bits per heavy atom. The van der Waals surface area contributed by atoms with E-state index in [1.165, 1.54) is 24.3 Å². The quantitative estimate of drug-likeness (QED) is 0.413. The number of carbonyl (C=O) groups is 3. The van der Waals surface area contributed by atoms with Crippen LogP contribution in [0.25, 0.3) is 0 Å². The Labute approximate surface area is 168 Å². The van der Waals surface area contributed by atoms with Gasteiger partial charge in [-0.2, -0.15) is 0 Å². The lowest BCUT2D eigenvalue weighted by Crippen LogP contribution is -2.13. The standard InChI is InChI=1S/C22H22N2O5/c1-2-28-22(27)29-19-11-9-16(10-12-19)21(26)24-18-5-3-4-17(14-18)23-20(25)13-8-15-6-7-15/h3-5,8-15H,2,6-7H2,1H3,(H,23,25)(H,24,26)/b13-8+. The van der Waals surface area contributed by atoms with Gasteiger partial charge < -0.3 is 20.1 Å². The van der Waals surface area contributed by atoms with Crippen molar-refractivity contribution >= 4 is 29.3 Å². The molecule has 0 bridgehead atoms. The number of anilines is 2. The van der Waals surface area contributed by atoms with Crippen LogP contribution in [0.1, 0.15) is 30.1 Å². The Kier molecular flexibility index (Phi) is 6.63. The van der Waals surface area contributed by atoms with Gasteiger partial charge in [0.1, 0.15) is 5.75 Å². The molecule has 0 saturated heterocycles. The summed E-state index contributed by atoms with van der Waals surface area (Å²) in [6.07, 6.45) is 4.94. The molecular weight excluding hydrogens is 372 g/mol. The van der Waals surface area contributed by atoms with Crippen molar-refractivity contribution in [3.8, 4) is 5.75 Å². The maximum atomic E-state index is 12.4. The van der Waals surface area contributed by atoms with Crippen molar-refractivity contribution in [1.29, 1.82) is 0 Å². The van der Waals surface area contributed by atoms with Crippen LogP contribution in [-0.2, 0) is 9.53 Å². The summed E-state index contributed by atoms with van der Waals surface area (Å²) in [5.41, 5.74) is 1.53. The molecular formula is C22H22N2O5. The third-order valence-corrected chi connectivity index (χ3v) is 4.11. The fraction of sp³-hybridized carbons (Fsp3) is 0.227. The molecule has 2 amide bonds. The molecule has 0 aromatic heterocycles. The molecule has 2 aromatic carbocycles. The van der Waals surface area contributed by atoms with E-state index >= 15 is 0 Å². The van der Waals surface area contributed by atoms with E-state index in [1.807, 2.05) is 6.08 Å². The van der Waals surface area contributed by atoms with Gasteiger partial charge in [-0.3, -0.25) is 9.59 Å². The SMILES string of the molecule is CCOC(=O)Oc1ccc(C(=O)Nc2cccc(NC(=O)/C=C/C3CC3)c2)cc1. The number of nitrogens with one attached hydrogen (secondary N) is 2. The molecule has 2 aromatic rings. The first kappa shape index (κ1) is 20.1. The molecule has 0 radical (unpaired) electrons. The predicted molar refractivity (Wildman–Crippen MR) is 109 cm³/mol. The second-order valence-electron chi connectivity index (χ2n) is 6.53. The number of ether oxygens (including phenoxy) is 2. The van der Waals surface area contributed by atoms with E-state index in [2.05, 4.69) is 10.6 Å². The van der Waals surface area contributed by atoms with E-state index in [-0.39, 0.29) is 24.2 Å². The van der Waals surface area contributed by atoms with Gasteiger partial charge in [-0.25, -0.2) is 4.79 Å². The van der Waals surface area contributed by atoms with Crippen LogP contribution >= 0.6 is 0 Å². The lowest BCUT2D eigenvalue weighted by atomic mass is 10.2. The molecule has 1 saturated carbocycles. The van der Waals surface area contributed by atoms with Gasteiger partial charge in [0.15, 0.2) is 0 Å². The average Bonchev–Trinajstić information content (AvgIpc) is 3.52. The zero-order valence-electron chi connectivity index (χ0n) is 16.0. The van der Waals surface area contributed by atoms with E-state index < -0.39 is 6.16 Å². The van der Waals surface area contributed by atoms with Gasteiger partial charge in [0.2, 0.25) is 5.91 Å². The first-order valence-corrected chi connectivity index (χ1v) is 9.39. The Bertz CT molecular complexity index is 917. The maximum Gasteiger partial charge on any atom is 0.513 e. The first-order valence-electron chi connectivity index (χ1n) is 9.39. The number of allylic oxidation sites excluding steroid dienone is 1. The number of carbonyl (C=O) groups excluding carboxylic acids is 3. The van der Waals surface area contributed by atoms with E-state index in [1.54, 1.807) is 37.3 Å². The van der Waals surface area contributed by atoms with Crippen LogP contribution in [0.3, 0.4) is 0 Å². The summed E-state index contributed by atoms with van der Waals surface area (Å²) in [5, 5.41) is 5.55. The summed E-state index contributed by atoms with van der Waals surface area (Å²) >= 11 is 0. The summed E-state index contributed by atoms with van der Waals surface area (Å²) in [6.45, 7) is 1.90. The number of rotatable bonds is 7. The van der Waals surface area contributed by atoms with Gasteiger partial charge in [0.05, 0.1) is 6.61 Å². The molecule has 29 heavy (non-hydrogen) atoms. The van der Waals surface area contributed by atoms with Crippen LogP contribution in [0.2, 0.25) is 0 Å². The molecule has 0 atom stereocenters. The van der Waals surface area contributed by atoms with E-state index in [0.717, 1.165) is 12.8 Å². The minimum absolute atomic E-state index is 0.197. The molecule has 0 aliphatic heterocycles. The monoisotopic (exact) mass is 394 g/mol. The van der Waals surface area contributed by atoms with Gasteiger partial charge in [0, 0.05) is 16.9 Å². The summed E-state index contributed by atoms with van der Waals surface area (Å²) in [7, 11) is 0. The summed E-state index contributed by atoms with van der Waals surface area (Å²) < 4.78 is 9.66. The molecule has 2 N–H and O–H groups in total. The van der Waals surface area contributed by atoms with Crippen molar-refractivity contribution in [3.05, 3.63) is 66.2 Å². The van der Waals surface area contributed by atoms with Crippen molar-refractivity contribution in [3.63, 3.8) is 0 Å². The first-order chi connectivity index (χ1) is 14.0. The lowest BCUT2D eigenvalue weighted by molar-refractivity contribution is -0.111. The minimum Gasteiger partial charge on any atom is -0.434 e. The highest BCUT2D eigenvalue weighted by Crippen LogP contribution is 2.30. The molecule has 7 heteroatoms. The average molecular weight is 394 g/mol. The molecule has 1 aliphatic carbocycles. The second kappa shape index (κ2) is 9.54. The summed E-state index contributed by atoms with van der Waals surface area (Å²) in [6, 6.07) is 13.0. The minimum atomic E-state index is -0.796. The van der Waals surface area contributed by atoms with Crippen molar-refractivity contribution < 1.29 is 23.9 Å². The second-order valence-corrected chi connectivity index (χ2v) is 6.53. The molecule has 3 rings (SSSR count). The van der Waals surface area contributed by atoms with Gasteiger partial charge in [-0.15, -0.1) is 0 Å². The van der Waals surface area contributed by atoms with E-state index in [9.17, 15) is 14.4 Å². The third-order valence-electron chi connectivity index (χ3n) is 4.11. The van der Waals surface area contributed by atoms with Gasteiger partial charge in [-0.1, -0.05) is 12.1 Å². The van der Waals surface area contributed by atoms with Crippen LogP contribution in [-0.4, -0.2) is 24.6 Å². The number of hydrogen-bond donors (Lipinski definition) is 2. The molecule has 150 valence electrons. The fourth-order valence-corrected chi connectivity index (χ4v) is 2.49. The fourth-order valence-electron chi connectivity index (χ4n) is 2.49. The van der Waals surface area contributed by atoms with Crippen molar-refractivity contribution in [2.24, 2.45) is 5.92 Å². The number of hydrogen-bond acceptors (Lipinski definition) is 5. The van der Waals surface area contributed by atoms with Gasteiger partial charge >= 0.3 is 6.16 Å². The predicted octanol–water partition coefficient (Wildman–Crippen LogP) is 4.38. The Morgan fingerprint density at radius 2 is 1.72 bits per heavy atom. The van der Waals surface area contributed by atoms with Crippen LogP contribution in [0.15, 0.2) is 60.7 Å². The van der Waals surface area contributed by atoms with Crippen LogP contribution in [0.4, 0.5) is 16.2 Å². The normalized spacial score (nSPS) is 13.0. The Balaban J connectivity index is 1.57. The largest absolute Gasteiger partial charge is 0.513 e. The molecule has 1 aliphatic rings.